The Labute approximate surface area is 202 Å². The van der Waals surface area contributed by atoms with E-state index in [0.717, 1.165) is 33.5 Å². The normalized spacial score (nSPS) is 12.8. The van der Waals surface area contributed by atoms with Crippen molar-refractivity contribution in [1.82, 2.24) is 19.9 Å². The molecule has 0 aliphatic heterocycles. The average molecular weight is 499 g/mol. The van der Waals surface area contributed by atoms with Crippen molar-refractivity contribution in [3.05, 3.63) is 80.5 Å². The lowest BCUT2D eigenvalue weighted by atomic mass is 10.0. The molecule has 0 bridgehead atoms. The van der Waals surface area contributed by atoms with Gasteiger partial charge in [0.05, 0.1) is 10.4 Å². The Kier molecular flexibility index (Phi) is 7.11. The monoisotopic (exact) mass is 498 g/mol. The van der Waals surface area contributed by atoms with Crippen LogP contribution in [0.25, 0.3) is 10.9 Å². The largest absolute Gasteiger partial charge is 0.489 e. The van der Waals surface area contributed by atoms with Crippen LogP contribution in [0.3, 0.4) is 0 Å². The number of nitrogens with one attached hydrogen (secondary N) is 2. The van der Waals surface area contributed by atoms with E-state index < -0.39 is 16.1 Å². The van der Waals surface area contributed by atoms with Gasteiger partial charge in [0.2, 0.25) is 10.0 Å². The number of rotatable bonds is 9. The molecule has 4 rings (SSSR count). The Morgan fingerprint density at radius 1 is 1.12 bits per heavy atom. The molecule has 34 heavy (non-hydrogen) atoms. The highest BCUT2D eigenvalue weighted by Crippen LogP contribution is 2.22. The predicted molar refractivity (Wildman–Crippen MR) is 133 cm³/mol. The molecule has 1 unspecified atom stereocenters. The number of nitrogens with zero attached hydrogens (tertiary/aromatic N) is 2. The maximum atomic E-state index is 13.0. The number of sulfonamides is 1. The molecule has 0 spiro atoms. The lowest BCUT2D eigenvalue weighted by Gasteiger charge is -2.21. The van der Waals surface area contributed by atoms with Gasteiger partial charge in [0.1, 0.15) is 17.4 Å². The van der Waals surface area contributed by atoms with E-state index in [9.17, 15) is 13.2 Å². The minimum Gasteiger partial charge on any atom is -0.489 e. The first-order valence-electron chi connectivity index (χ1n) is 10.9. The van der Waals surface area contributed by atoms with E-state index in [2.05, 4.69) is 19.9 Å². The SMILES string of the molecule is Cc1cc(COc2ccc(S(=O)(=O)NC(Cc3n[nH]c(=O)s3)C(C)C)cc2)c2ccccc2n1. The minimum atomic E-state index is -3.76. The zero-order valence-electron chi connectivity index (χ0n) is 19.1. The maximum Gasteiger partial charge on any atom is 0.322 e. The standard InChI is InChI=1S/C24H26N4O4S2/c1-15(2)22(13-23-26-27-24(29)33-23)28-34(30,31)19-10-8-18(9-11-19)32-14-17-12-16(3)25-21-7-5-4-6-20(17)21/h4-12,15,22,28H,13-14H2,1-3H3,(H,27,29). The third-order valence-corrected chi connectivity index (χ3v) is 7.72. The van der Waals surface area contributed by atoms with Crippen molar-refractivity contribution >= 4 is 32.3 Å². The van der Waals surface area contributed by atoms with Crippen molar-refractivity contribution in [2.75, 3.05) is 0 Å². The van der Waals surface area contributed by atoms with Crippen LogP contribution in [0.4, 0.5) is 0 Å². The highest BCUT2D eigenvalue weighted by Gasteiger charge is 2.24. The van der Waals surface area contributed by atoms with E-state index >= 15 is 0 Å². The van der Waals surface area contributed by atoms with E-state index in [1.807, 2.05) is 51.1 Å². The Morgan fingerprint density at radius 2 is 1.85 bits per heavy atom. The second kappa shape index (κ2) is 10.0. The molecule has 0 saturated heterocycles. The molecule has 0 fully saturated rings. The van der Waals surface area contributed by atoms with Crippen molar-refractivity contribution in [3.63, 3.8) is 0 Å². The summed E-state index contributed by atoms with van der Waals surface area (Å²) >= 11 is 0.985. The fraction of sp³-hybridized carbons (Fsp3) is 0.292. The molecule has 4 aromatic rings. The van der Waals surface area contributed by atoms with E-state index in [4.69, 9.17) is 4.74 Å². The number of pyridine rings is 1. The Hall–Kier alpha value is -3.08. The average Bonchev–Trinajstić information content (AvgIpc) is 3.21. The molecule has 0 aliphatic carbocycles. The lowest BCUT2D eigenvalue weighted by Crippen LogP contribution is -2.40. The van der Waals surface area contributed by atoms with E-state index in [-0.39, 0.29) is 15.7 Å². The number of aromatic nitrogens is 3. The van der Waals surface area contributed by atoms with Gasteiger partial charge in [-0.1, -0.05) is 43.4 Å². The van der Waals surface area contributed by atoms with Gasteiger partial charge in [0.25, 0.3) is 0 Å². The summed E-state index contributed by atoms with van der Waals surface area (Å²) in [5.41, 5.74) is 2.84. The Bertz CT molecular complexity index is 1440. The molecule has 2 N–H and O–H groups in total. The third-order valence-electron chi connectivity index (χ3n) is 5.45. The smallest absolute Gasteiger partial charge is 0.322 e. The summed E-state index contributed by atoms with van der Waals surface area (Å²) in [6.45, 7) is 6.13. The fourth-order valence-electron chi connectivity index (χ4n) is 3.61. The van der Waals surface area contributed by atoms with Gasteiger partial charge in [-0.05, 0) is 49.2 Å². The van der Waals surface area contributed by atoms with Gasteiger partial charge in [-0.2, -0.15) is 5.10 Å². The van der Waals surface area contributed by atoms with Crippen molar-refractivity contribution in [3.8, 4) is 5.75 Å². The highest BCUT2D eigenvalue weighted by molar-refractivity contribution is 7.89. The van der Waals surface area contributed by atoms with Gasteiger partial charge in [-0.25, -0.2) is 18.2 Å². The number of hydrogen-bond donors (Lipinski definition) is 2. The van der Waals surface area contributed by atoms with Crippen LogP contribution in [0.15, 0.2) is 64.3 Å². The number of aromatic amines is 1. The molecular formula is C24H26N4O4S2. The summed E-state index contributed by atoms with van der Waals surface area (Å²) < 4.78 is 34.6. The molecule has 0 amide bonds. The van der Waals surface area contributed by atoms with Crippen LogP contribution in [-0.4, -0.2) is 29.6 Å². The molecule has 10 heteroatoms. The van der Waals surface area contributed by atoms with E-state index in [1.165, 1.54) is 12.1 Å². The molecule has 2 heterocycles. The first-order valence-corrected chi connectivity index (χ1v) is 13.2. The minimum absolute atomic E-state index is 0.00928. The van der Waals surface area contributed by atoms with Crippen LogP contribution < -0.4 is 14.3 Å². The molecule has 0 aliphatic rings. The summed E-state index contributed by atoms with van der Waals surface area (Å²) in [5, 5.41) is 7.91. The molecule has 1 atom stereocenters. The first kappa shape index (κ1) is 24.1. The van der Waals surface area contributed by atoms with Gasteiger partial charge in [0.15, 0.2) is 0 Å². The second-order valence-corrected chi connectivity index (χ2v) is 11.1. The predicted octanol–water partition coefficient (Wildman–Crippen LogP) is 3.81. The molecule has 8 nitrogen and oxygen atoms in total. The Balaban J connectivity index is 1.45. The first-order chi connectivity index (χ1) is 16.2. The molecule has 2 aromatic heterocycles. The van der Waals surface area contributed by atoms with Crippen LogP contribution in [0.5, 0.6) is 5.75 Å². The summed E-state index contributed by atoms with van der Waals surface area (Å²) in [6.07, 6.45) is 0.334. The lowest BCUT2D eigenvalue weighted by molar-refractivity contribution is 0.307. The van der Waals surface area contributed by atoms with Gasteiger partial charge >= 0.3 is 4.87 Å². The molecule has 0 radical (unpaired) electrons. The van der Waals surface area contributed by atoms with Crippen LogP contribution in [-0.2, 0) is 23.1 Å². The molecular weight excluding hydrogens is 472 g/mol. The number of para-hydroxylation sites is 1. The third kappa shape index (κ3) is 5.69. The number of aryl methyl sites for hydroxylation is 1. The summed E-state index contributed by atoms with van der Waals surface area (Å²) in [7, 11) is -3.76. The van der Waals surface area contributed by atoms with Crippen LogP contribution in [0.1, 0.15) is 30.1 Å². The van der Waals surface area contributed by atoms with Crippen molar-refractivity contribution in [2.24, 2.45) is 5.92 Å². The van der Waals surface area contributed by atoms with Gasteiger partial charge in [-0.3, -0.25) is 9.78 Å². The summed E-state index contributed by atoms with van der Waals surface area (Å²) in [4.78, 5) is 15.8. The highest BCUT2D eigenvalue weighted by atomic mass is 32.2. The van der Waals surface area contributed by atoms with Gasteiger partial charge < -0.3 is 4.74 Å². The molecule has 2 aromatic carbocycles. The van der Waals surface area contributed by atoms with Gasteiger partial charge in [0, 0.05) is 29.1 Å². The Morgan fingerprint density at radius 3 is 2.53 bits per heavy atom. The second-order valence-electron chi connectivity index (χ2n) is 8.38. The fourth-order valence-corrected chi connectivity index (χ4v) is 5.65. The zero-order valence-corrected chi connectivity index (χ0v) is 20.7. The number of fused-ring (bicyclic) bond motifs is 1. The summed E-state index contributed by atoms with van der Waals surface area (Å²) in [5.74, 6) is 0.578. The van der Waals surface area contributed by atoms with Crippen LogP contribution >= 0.6 is 11.3 Å². The van der Waals surface area contributed by atoms with Crippen LogP contribution in [0, 0.1) is 12.8 Å². The zero-order chi connectivity index (χ0) is 24.3. The van der Waals surface area contributed by atoms with Crippen molar-refractivity contribution in [1.29, 1.82) is 0 Å². The number of ether oxygens (including phenoxy) is 1. The number of H-pyrrole nitrogens is 1. The van der Waals surface area contributed by atoms with Crippen LogP contribution in [0.2, 0.25) is 0 Å². The quantitative estimate of drug-likeness (QED) is 0.363. The van der Waals surface area contributed by atoms with E-state index in [1.54, 1.807) is 12.1 Å². The summed E-state index contributed by atoms with van der Waals surface area (Å²) in [6, 6.07) is 15.8. The number of hydrogen-bond acceptors (Lipinski definition) is 7. The van der Waals surface area contributed by atoms with E-state index in [0.29, 0.717) is 23.8 Å². The topological polar surface area (TPSA) is 114 Å². The maximum absolute atomic E-state index is 13.0. The van der Waals surface area contributed by atoms with Gasteiger partial charge in [-0.15, -0.1) is 0 Å². The van der Waals surface area contributed by atoms with Crippen molar-refractivity contribution < 1.29 is 13.2 Å². The molecule has 178 valence electrons. The number of benzene rings is 2. The van der Waals surface area contributed by atoms with Crippen molar-refractivity contribution in [2.45, 2.75) is 44.7 Å². The molecule has 0 saturated carbocycles.